The summed E-state index contributed by atoms with van der Waals surface area (Å²) in [5.74, 6) is -1.89. The summed E-state index contributed by atoms with van der Waals surface area (Å²) >= 11 is 0. The Hall–Kier alpha value is -4.67. The summed E-state index contributed by atoms with van der Waals surface area (Å²) in [4.78, 5) is 63.3. The molecule has 2 aromatic rings. The molecule has 1 unspecified atom stereocenters. The predicted molar refractivity (Wildman–Crippen MR) is 124 cm³/mol. The van der Waals surface area contributed by atoms with Gasteiger partial charge in [-0.1, -0.05) is 12.1 Å². The van der Waals surface area contributed by atoms with Gasteiger partial charge >= 0.3 is 18.0 Å². The molecule has 186 valence electrons. The van der Waals surface area contributed by atoms with Crippen molar-refractivity contribution in [2.75, 3.05) is 27.4 Å². The molecule has 0 saturated carbocycles. The number of carbonyl (C=O) groups excluding carboxylic acids is 5. The molecule has 2 N–H and O–H groups in total. The average molecular weight is 493 g/mol. The number of esters is 2. The maximum Gasteiger partial charge on any atom is 0.338 e. The SMILES string of the molecule is CCOC(=O)C1=C(COC(=O)c2ccc3c(c2)C(=O)N(C)C3=O)NC(=O)NC1c1ccc(OC)cc1. The maximum atomic E-state index is 12.9. The standard InChI is InChI=1S/C25H23N3O8/c1-4-35-24(32)19-18(26-25(33)27-20(19)13-5-8-15(34-3)9-6-13)12-36-23(31)14-7-10-16-17(11-14)22(30)28(2)21(16)29/h5-11,20H,4,12H2,1-3H3,(H2,26,27,33). The molecule has 0 spiro atoms. The Bertz CT molecular complexity index is 1300. The molecule has 1 atom stereocenters. The molecule has 0 saturated heterocycles. The van der Waals surface area contributed by atoms with Crippen molar-refractivity contribution in [3.05, 3.63) is 76.0 Å². The van der Waals surface area contributed by atoms with E-state index in [-0.39, 0.29) is 34.6 Å². The molecule has 0 aromatic heterocycles. The van der Waals surface area contributed by atoms with Gasteiger partial charge in [-0.3, -0.25) is 14.5 Å². The van der Waals surface area contributed by atoms with E-state index in [2.05, 4.69) is 10.6 Å². The zero-order chi connectivity index (χ0) is 26.0. The monoisotopic (exact) mass is 493 g/mol. The molecule has 11 nitrogen and oxygen atoms in total. The second-order valence-electron chi connectivity index (χ2n) is 7.92. The molecule has 11 heteroatoms. The van der Waals surface area contributed by atoms with Crippen molar-refractivity contribution < 1.29 is 38.2 Å². The first-order chi connectivity index (χ1) is 17.2. The highest BCUT2D eigenvalue weighted by Crippen LogP contribution is 2.29. The Labute approximate surface area is 206 Å². The number of hydrogen-bond donors (Lipinski definition) is 2. The predicted octanol–water partition coefficient (Wildman–Crippen LogP) is 1.95. The smallest absolute Gasteiger partial charge is 0.338 e. The molecule has 0 aliphatic carbocycles. The molecule has 2 aliphatic heterocycles. The summed E-state index contributed by atoms with van der Waals surface area (Å²) in [5.41, 5.74) is 1.04. The van der Waals surface area contributed by atoms with E-state index in [4.69, 9.17) is 14.2 Å². The molecular formula is C25H23N3O8. The molecule has 0 bridgehead atoms. The number of amides is 4. The van der Waals surface area contributed by atoms with Crippen molar-refractivity contribution in [2.24, 2.45) is 0 Å². The largest absolute Gasteiger partial charge is 0.497 e. The van der Waals surface area contributed by atoms with Gasteiger partial charge in [0.2, 0.25) is 0 Å². The van der Waals surface area contributed by atoms with Crippen LogP contribution in [0, 0.1) is 0 Å². The maximum absolute atomic E-state index is 12.9. The van der Waals surface area contributed by atoms with Gasteiger partial charge in [-0.25, -0.2) is 14.4 Å². The lowest BCUT2D eigenvalue weighted by atomic mass is 9.95. The van der Waals surface area contributed by atoms with Crippen LogP contribution in [0.3, 0.4) is 0 Å². The second kappa shape index (κ2) is 9.90. The van der Waals surface area contributed by atoms with Crippen LogP contribution in [0.15, 0.2) is 53.7 Å². The molecule has 4 amide bonds. The Kier molecular flexibility index (Phi) is 6.73. The first-order valence-corrected chi connectivity index (χ1v) is 11.0. The Balaban J connectivity index is 1.62. The van der Waals surface area contributed by atoms with E-state index in [9.17, 15) is 24.0 Å². The third-order valence-electron chi connectivity index (χ3n) is 5.77. The van der Waals surface area contributed by atoms with E-state index < -0.39 is 42.4 Å². The van der Waals surface area contributed by atoms with E-state index in [0.717, 1.165) is 4.90 Å². The van der Waals surface area contributed by atoms with Crippen molar-refractivity contribution in [3.63, 3.8) is 0 Å². The van der Waals surface area contributed by atoms with Crippen LogP contribution in [0.4, 0.5) is 4.79 Å². The van der Waals surface area contributed by atoms with E-state index >= 15 is 0 Å². The van der Waals surface area contributed by atoms with Crippen LogP contribution in [0.1, 0.15) is 49.6 Å². The number of rotatable bonds is 7. The minimum Gasteiger partial charge on any atom is -0.497 e. The van der Waals surface area contributed by atoms with Crippen molar-refractivity contribution in [1.82, 2.24) is 15.5 Å². The topological polar surface area (TPSA) is 140 Å². The van der Waals surface area contributed by atoms with Crippen LogP contribution >= 0.6 is 0 Å². The highest BCUT2D eigenvalue weighted by atomic mass is 16.5. The summed E-state index contributed by atoms with van der Waals surface area (Å²) < 4.78 is 15.7. The van der Waals surface area contributed by atoms with Crippen molar-refractivity contribution in [2.45, 2.75) is 13.0 Å². The number of methoxy groups -OCH3 is 1. The van der Waals surface area contributed by atoms with Crippen LogP contribution in [-0.2, 0) is 14.3 Å². The quantitative estimate of drug-likeness (QED) is 0.441. The number of nitrogens with one attached hydrogen (secondary N) is 2. The lowest BCUT2D eigenvalue weighted by Crippen LogP contribution is -2.47. The summed E-state index contributed by atoms with van der Waals surface area (Å²) in [6, 6.07) is 9.32. The summed E-state index contributed by atoms with van der Waals surface area (Å²) in [6.45, 7) is 1.29. The van der Waals surface area contributed by atoms with Crippen LogP contribution in [0.25, 0.3) is 0 Å². The number of hydrogen-bond acceptors (Lipinski definition) is 8. The van der Waals surface area contributed by atoms with Crippen LogP contribution < -0.4 is 15.4 Å². The van der Waals surface area contributed by atoms with Crippen molar-refractivity contribution in [1.29, 1.82) is 0 Å². The molecule has 2 aliphatic rings. The summed E-state index contributed by atoms with van der Waals surface area (Å²) in [7, 11) is 2.87. The zero-order valence-corrected chi connectivity index (χ0v) is 19.7. The Morgan fingerprint density at radius 3 is 2.31 bits per heavy atom. The van der Waals surface area contributed by atoms with Crippen molar-refractivity contribution >= 4 is 29.8 Å². The van der Waals surface area contributed by atoms with E-state index in [1.165, 1.54) is 32.4 Å². The molecule has 2 aromatic carbocycles. The van der Waals surface area contributed by atoms with Gasteiger partial charge in [0.25, 0.3) is 11.8 Å². The number of imide groups is 1. The number of urea groups is 1. The van der Waals surface area contributed by atoms with Gasteiger partial charge in [0, 0.05) is 7.05 Å². The molecule has 4 rings (SSSR count). The van der Waals surface area contributed by atoms with Gasteiger partial charge < -0.3 is 24.8 Å². The number of ether oxygens (including phenoxy) is 3. The first kappa shape index (κ1) is 24.5. The molecule has 36 heavy (non-hydrogen) atoms. The highest BCUT2D eigenvalue weighted by molar-refractivity contribution is 6.21. The Morgan fingerprint density at radius 1 is 0.944 bits per heavy atom. The minimum absolute atomic E-state index is 0.0375. The molecule has 0 fully saturated rings. The van der Waals surface area contributed by atoms with Gasteiger partial charge in [0.05, 0.1) is 47.7 Å². The second-order valence-corrected chi connectivity index (χ2v) is 7.92. The molecule has 0 radical (unpaired) electrons. The van der Waals surface area contributed by atoms with E-state index in [0.29, 0.717) is 11.3 Å². The van der Waals surface area contributed by atoms with Crippen LogP contribution in [0.5, 0.6) is 5.75 Å². The Morgan fingerprint density at radius 2 is 1.64 bits per heavy atom. The molecule has 2 heterocycles. The summed E-state index contributed by atoms with van der Waals surface area (Å²) in [5, 5.41) is 5.20. The fourth-order valence-electron chi connectivity index (χ4n) is 3.94. The number of fused-ring (bicyclic) bond motifs is 1. The fraction of sp³-hybridized carbons (Fsp3) is 0.240. The van der Waals surface area contributed by atoms with Gasteiger partial charge in [-0.2, -0.15) is 0 Å². The number of benzene rings is 2. The third kappa shape index (κ3) is 4.50. The summed E-state index contributed by atoms with van der Waals surface area (Å²) in [6.07, 6.45) is 0. The number of carbonyl (C=O) groups is 5. The van der Waals surface area contributed by atoms with Crippen molar-refractivity contribution in [3.8, 4) is 5.75 Å². The van der Waals surface area contributed by atoms with Crippen LogP contribution in [0.2, 0.25) is 0 Å². The third-order valence-corrected chi connectivity index (χ3v) is 5.77. The lowest BCUT2D eigenvalue weighted by Gasteiger charge is -2.29. The highest BCUT2D eigenvalue weighted by Gasteiger charge is 2.35. The normalized spacial score (nSPS) is 16.8. The van der Waals surface area contributed by atoms with Gasteiger partial charge in [-0.05, 0) is 42.8 Å². The lowest BCUT2D eigenvalue weighted by molar-refractivity contribution is -0.139. The number of nitrogens with zero attached hydrogens (tertiary/aromatic N) is 1. The zero-order valence-electron chi connectivity index (χ0n) is 19.7. The first-order valence-electron chi connectivity index (χ1n) is 11.0. The minimum atomic E-state index is -0.864. The molecular weight excluding hydrogens is 470 g/mol. The average Bonchev–Trinajstić information content (AvgIpc) is 3.10. The van der Waals surface area contributed by atoms with Crippen LogP contribution in [-0.4, -0.2) is 62.1 Å². The fourth-order valence-corrected chi connectivity index (χ4v) is 3.94. The van der Waals surface area contributed by atoms with E-state index in [1.807, 2.05) is 0 Å². The van der Waals surface area contributed by atoms with Gasteiger partial charge in [0.1, 0.15) is 12.4 Å². The van der Waals surface area contributed by atoms with Gasteiger partial charge in [0.15, 0.2) is 0 Å². The van der Waals surface area contributed by atoms with Gasteiger partial charge in [-0.15, -0.1) is 0 Å². The van der Waals surface area contributed by atoms with E-state index in [1.54, 1.807) is 31.2 Å².